The molecule has 0 N–H and O–H groups in total. The van der Waals surface area contributed by atoms with Gasteiger partial charge < -0.3 is 14.6 Å². The lowest BCUT2D eigenvalue weighted by Crippen LogP contribution is -2.49. The normalized spacial score (nSPS) is 13.5. The number of carbonyl (C=O) groups excluding carboxylic acids is 1. The second-order valence-electron chi connectivity index (χ2n) is 3.66. The fourth-order valence-corrected chi connectivity index (χ4v) is 0.490. The molecule has 0 unspecified atom stereocenters. The Hall–Kier alpha value is -0.710. The average Bonchev–Trinajstić information content (AvgIpc) is 1.83. The van der Waals surface area contributed by atoms with E-state index >= 15 is 0 Å². The first-order valence-electron chi connectivity index (χ1n) is 3.89. The molecule has 0 bridgehead atoms. The van der Waals surface area contributed by atoms with Gasteiger partial charge in [0, 0.05) is 0 Å². The predicted molar refractivity (Wildman–Crippen MR) is 40.0 cm³/mol. The first kappa shape index (κ1) is 12.3. The van der Waals surface area contributed by atoms with Crippen molar-refractivity contribution in [1.82, 2.24) is 0 Å². The molecule has 3 nitrogen and oxygen atoms in total. The van der Waals surface area contributed by atoms with E-state index < -0.39 is 17.7 Å². The minimum atomic E-state index is -4.23. The monoisotopic (exact) mass is 195 g/mol. The van der Waals surface area contributed by atoms with Gasteiger partial charge in [-0.25, -0.2) is 0 Å². The highest BCUT2D eigenvalue weighted by molar-refractivity contribution is 5.71. The van der Waals surface area contributed by atoms with Crippen molar-refractivity contribution in [2.45, 2.75) is 39.4 Å². The third kappa shape index (κ3) is 3.26. The van der Waals surface area contributed by atoms with Crippen LogP contribution in [0.4, 0.5) is 8.78 Å². The summed E-state index contributed by atoms with van der Waals surface area (Å²) in [7, 11) is 0. The van der Waals surface area contributed by atoms with Crippen LogP contribution in [0, 0.1) is 5.92 Å². The number of hydrogen-bond donors (Lipinski definition) is 0. The van der Waals surface area contributed by atoms with Crippen molar-refractivity contribution >= 4 is 5.97 Å². The molecular weight excluding hydrogens is 182 g/mol. The lowest BCUT2D eigenvalue weighted by molar-refractivity contribution is -0.377. The van der Waals surface area contributed by atoms with Crippen LogP contribution >= 0.6 is 0 Å². The summed E-state index contributed by atoms with van der Waals surface area (Å²) in [5, 5.41) is 9.94. The summed E-state index contributed by atoms with van der Waals surface area (Å²) >= 11 is 0. The van der Waals surface area contributed by atoms with Crippen molar-refractivity contribution in [3.8, 4) is 0 Å². The SMILES string of the molecule is CC(C)C(C)(C)OC(F)(F)C(=O)[O-]. The highest BCUT2D eigenvalue weighted by Crippen LogP contribution is 2.28. The van der Waals surface area contributed by atoms with Crippen molar-refractivity contribution < 1.29 is 23.4 Å². The molecule has 0 radical (unpaired) electrons. The lowest BCUT2D eigenvalue weighted by atomic mass is 9.95. The second kappa shape index (κ2) is 3.57. The molecular formula is C8H13F2O3-. The third-order valence-electron chi connectivity index (χ3n) is 2.02. The van der Waals surface area contributed by atoms with Crippen LogP contribution in [-0.4, -0.2) is 17.7 Å². The maximum absolute atomic E-state index is 12.5. The Labute approximate surface area is 75.7 Å². The summed E-state index contributed by atoms with van der Waals surface area (Å²) in [6, 6.07) is 0. The van der Waals surface area contributed by atoms with Gasteiger partial charge in [0.1, 0.15) is 5.97 Å². The maximum atomic E-state index is 12.5. The molecule has 0 aliphatic carbocycles. The summed E-state index contributed by atoms with van der Waals surface area (Å²) < 4.78 is 29.2. The van der Waals surface area contributed by atoms with E-state index in [1.165, 1.54) is 13.8 Å². The topological polar surface area (TPSA) is 49.4 Å². The van der Waals surface area contributed by atoms with Crippen molar-refractivity contribution in [2.24, 2.45) is 5.92 Å². The Kier molecular flexibility index (Phi) is 3.38. The number of aliphatic carboxylic acids is 1. The number of ether oxygens (including phenoxy) is 1. The van der Waals surface area contributed by atoms with E-state index in [1.54, 1.807) is 13.8 Å². The summed E-state index contributed by atoms with van der Waals surface area (Å²) in [5.41, 5.74) is -1.20. The van der Waals surface area contributed by atoms with E-state index in [-0.39, 0.29) is 5.92 Å². The number of carbonyl (C=O) groups is 1. The van der Waals surface area contributed by atoms with Crippen molar-refractivity contribution in [2.75, 3.05) is 0 Å². The molecule has 0 atom stereocenters. The van der Waals surface area contributed by atoms with Crippen molar-refractivity contribution in [3.63, 3.8) is 0 Å². The molecule has 0 aromatic carbocycles. The zero-order valence-corrected chi connectivity index (χ0v) is 8.06. The Bertz CT molecular complexity index is 200. The predicted octanol–water partition coefficient (Wildman–Crippen LogP) is 0.780. The van der Waals surface area contributed by atoms with Crippen LogP contribution in [0.25, 0.3) is 0 Å². The molecule has 0 aliphatic rings. The van der Waals surface area contributed by atoms with Gasteiger partial charge in [-0.15, -0.1) is 0 Å². The van der Waals surface area contributed by atoms with Gasteiger partial charge in [0.15, 0.2) is 0 Å². The summed E-state index contributed by atoms with van der Waals surface area (Å²) in [4.78, 5) is 9.94. The average molecular weight is 195 g/mol. The molecule has 5 heteroatoms. The number of hydrogen-bond acceptors (Lipinski definition) is 3. The molecule has 78 valence electrons. The van der Waals surface area contributed by atoms with E-state index in [1.807, 2.05) is 0 Å². The molecule has 0 spiro atoms. The molecule has 0 aliphatic heterocycles. The number of carboxylic acids is 1. The third-order valence-corrected chi connectivity index (χ3v) is 2.02. The molecule has 13 heavy (non-hydrogen) atoms. The Morgan fingerprint density at radius 1 is 1.38 bits per heavy atom. The number of alkyl halides is 2. The van der Waals surface area contributed by atoms with Crippen LogP contribution in [0.5, 0.6) is 0 Å². The zero-order chi connectivity index (χ0) is 10.9. The summed E-state index contributed by atoms with van der Waals surface area (Å²) in [5.74, 6) is -2.74. The largest absolute Gasteiger partial charge is 0.542 e. The van der Waals surface area contributed by atoms with Crippen LogP contribution in [0.3, 0.4) is 0 Å². The van der Waals surface area contributed by atoms with E-state index in [0.717, 1.165) is 0 Å². The standard InChI is InChI=1S/C8H14F2O3/c1-5(2)7(3,4)13-8(9,10)6(11)12/h5H,1-4H3,(H,11,12)/p-1. The van der Waals surface area contributed by atoms with Crippen LogP contribution in [0.15, 0.2) is 0 Å². The molecule has 0 aromatic heterocycles. The highest BCUT2D eigenvalue weighted by Gasteiger charge is 2.40. The fraction of sp³-hybridized carbons (Fsp3) is 0.875. The molecule has 0 aromatic rings. The van der Waals surface area contributed by atoms with Gasteiger partial charge in [-0.05, 0) is 19.8 Å². The van der Waals surface area contributed by atoms with Crippen LogP contribution in [0.1, 0.15) is 27.7 Å². The Morgan fingerprint density at radius 3 is 2.00 bits per heavy atom. The van der Waals surface area contributed by atoms with Gasteiger partial charge in [0.05, 0.1) is 5.60 Å². The summed E-state index contributed by atoms with van der Waals surface area (Å²) in [6.45, 7) is 6.11. The molecule has 0 fully saturated rings. The number of rotatable bonds is 4. The molecule has 0 saturated heterocycles. The maximum Gasteiger partial charge on any atom is 0.398 e. The minimum absolute atomic E-state index is 0.224. The smallest absolute Gasteiger partial charge is 0.398 e. The van der Waals surface area contributed by atoms with Crippen molar-refractivity contribution in [3.05, 3.63) is 0 Å². The van der Waals surface area contributed by atoms with Crippen molar-refractivity contribution in [1.29, 1.82) is 0 Å². The first-order chi connectivity index (χ1) is 5.59. The van der Waals surface area contributed by atoms with E-state index in [0.29, 0.717) is 0 Å². The highest BCUT2D eigenvalue weighted by atomic mass is 19.3. The van der Waals surface area contributed by atoms with Crippen LogP contribution in [0.2, 0.25) is 0 Å². The molecule has 0 saturated carbocycles. The molecule has 0 amide bonds. The Morgan fingerprint density at radius 2 is 1.77 bits per heavy atom. The minimum Gasteiger partial charge on any atom is -0.542 e. The lowest BCUT2D eigenvalue weighted by Gasteiger charge is -2.33. The van der Waals surface area contributed by atoms with E-state index in [2.05, 4.69) is 4.74 Å². The van der Waals surface area contributed by atoms with Gasteiger partial charge in [-0.3, -0.25) is 0 Å². The first-order valence-corrected chi connectivity index (χ1v) is 3.89. The van der Waals surface area contributed by atoms with E-state index in [4.69, 9.17) is 0 Å². The second-order valence-corrected chi connectivity index (χ2v) is 3.66. The van der Waals surface area contributed by atoms with E-state index in [9.17, 15) is 18.7 Å². The molecule has 0 heterocycles. The van der Waals surface area contributed by atoms with Crippen LogP contribution < -0.4 is 5.11 Å². The van der Waals surface area contributed by atoms with Gasteiger partial charge >= 0.3 is 6.11 Å². The van der Waals surface area contributed by atoms with Gasteiger partial charge in [0.25, 0.3) is 0 Å². The zero-order valence-electron chi connectivity index (χ0n) is 8.06. The fourth-order valence-electron chi connectivity index (χ4n) is 0.490. The summed E-state index contributed by atoms with van der Waals surface area (Å²) in [6.07, 6.45) is -4.23. The molecule has 0 rings (SSSR count). The van der Waals surface area contributed by atoms with Gasteiger partial charge in [0.2, 0.25) is 0 Å². The quantitative estimate of drug-likeness (QED) is 0.666. The van der Waals surface area contributed by atoms with Crippen LogP contribution in [-0.2, 0) is 9.53 Å². The van der Waals surface area contributed by atoms with Gasteiger partial charge in [-0.2, -0.15) is 8.78 Å². The number of halogens is 2. The van der Waals surface area contributed by atoms with Gasteiger partial charge in [-0.1, -0.05) is 13.8 Å². The number of carboxylic acid groups (broad SMARTS) is 1. The Balaban J connectivity index is 4.52.